The van der Waals surface area contributed by atoms with Gasteiger partial charge in [0.25, 0.3) is 0 Å². The second kappa shape index (κ2) is 25.2. The van der Waals surface area contributed by atoms with Gasteiger partial charge in [-0.05, 0) is 40.5 Å². The van der Waals surface area contributed by atoms with E-state index in [0.29, 0.717) is 0 Å². The van der Waals surface area contributed by atoms with Crippen LogP contribution in [0.1, 0.15) is 80.6 Å². The van der Waals surface area contributed by atoms with Gasteiger partial charge in [0.2, 0.25) is 0 Å². The number of allylic oxidation sites excluding steroid dienone is 3. The van der Waals surface area contributed by atoms with Crippen LogP contribution >= 0.6 is 12.2 Å². The largest absolute Gasteiger partial charge is 0.391 e. The highest BCUT2D eigenvalue weighted by atomic mass is 32.1. The van der Waals surface area contributed by atoms with E-state index in [2.05, 4.69) is 46.2 Å². The maximum absolute atomic E-state index is 5.17. The van der Waals surface area contributed by atoms with Crippen molar-refractivity contribution in [2.45, 2.75) is 80.6 Å². The molecule has 150 valence electrons. The highest BCUT2D eigenvalue weighted by Crippen LogP contribution is 2.04. The Morgan fingerprint density at radius 3 is 1.60 bits per heavy atom. The molecule has 0 aromatic carbocycles. The van der Waals surface area contributed by atoms with Crippen molar-refractivity contribution in [1.29, 1.82) is 0 Å². The summed E-state index contributed by atoms with van der Waals surface area (Å²) in [6.45, 7) is 21.7. The molecular weight excluding hydrogens is 324 g/mol. The molecule has 0 saturated heterocycles. The van der Waals surface area contributed by atoms with Crippen molar-refractivity contribution < 1.29 is 0 Å². The minimum Gasteiger partial charge on any atom is -0.391 e. The summed E-state index contributed by atoms with van der Waals surface area (Å²) in [6.07, 6.45) is 8.18. The number of hydrogen-bond donors (Lipinski definition) is 1. The lowest BCUT2D eigenvalue weighted by Gasteiger charge is -2.16. The van der Waals surface area contributed by atoms with Crippen molar-refractivity contribution in [3.8, 4) is 0 Å². The SMILES string of the molecule is C=C(C)CCCC.C=CC.CCCC.CN/C(C)=C(/C)C(=S)N(C)C. The fourth-order valence-electron chi connectivity index (χ4n) is 1.16. The Labute approximate surface area is 165 Å². The first-order chi connectivity index (χ1) is 11.6. The number of likely N-dealkylation sites (N-methyl/N-ethyl adjacent to an activating group) is 1. The molecule has 0 aromatic rings. The molecule has 0 atom stereocenters. The molecule has 0 amide bonds. The van der Waals surface area contributed by atoms with Gasteiger partial charge >= 0.3 is 0 Å². The normalized spacial score (nSPS) is 9.52. The first kappa shape index (κ1) is 31.7. The van der Waals surface area contributed by atoms with E-state index in [1.165, 1.54) is 37.7 Å². The summed E-state index contributed by atoms with van der Waals surface area (Å²) < 4.78 is 0. The summed E-state index contributed by atoms with van der Waals surface area (Å²) in [7, 11) is 5.81. The topological polar surface area (TPSA) is 15.3 Å². The molecule has 0 aliphatic rings. The van der Waals surface area contributed by atoms with Gasteiger partial charge in [-0.2, -0.15) is 0 Å². The summed E-state index contributed by atoms with van der Waals surface area (Å²) in [5.41, 5.74) is 3.57. The van der Waals surface area contributed by atoms with E-state index in [1.807, 2.05) is 46.8 Å². The standard InChI is InChI=1S/C8H16N2S.C7H14.C4H10.C3H6/c1-6(7(2)9-3)8(11)10(4)5;1-4-5-6-7(2)3;1-3-4-2;1-3-2/h9H,1-5H3;2,4-6H2,1,3H3;3-4H2,1-2H3;3H,1H2,2H3/b7-6-;;;. The van der Waals surface area contributed by atoms with Gasteiger partial charge < -0.3 is 10.2 Å². The molecule has 0 heterocycles. The predicted molar refractivity (Wildman–Crippen MR) is 125 cm³/mol. The van der Waals surface area contributed by atoms with Crippen LogP contribution in [-0.4, -0.2) is 31.0 Å². The molecule has 0 unspecified atom stereocenters. The van der Waals surface area contributed by atoms with Crippen LogP contribution in [0.4, 0.5) is 0 Å². The van der Waals surface area contributed by atoms with Crippen LogP contribution in [0.3, 0.4) is 0 Å². The van der Waals surface area contributed by atoms with Crippen molar-refractivity contribution >= 4 is 17.2 Å². The molecule has 0 aromatic heterocycles. The molecule has 0 fully saturated rings. The van der Waals surface area contributed by atoms with E-state index in [-0.39, 0.29) is 0 Å². The van der Waals surface area contributed by atoms with E-state index in [9.17, 15) is 0 Å². The number of unbranched alkanes of at least 4 members (excludes halogenated alkanes) is 2. The van der Waals surface area contributed by atoms with Gasteiger partial charge in [0, 0.05) is 32.4 Å². The Morgan fingerprint density at radius 2 is 1.44 bits per heavy atom. The summed E-state index contributed by atoms with van der Waals surface area (Å²) in [6, 6.07) is 0. The number of nitrogens with zero attached hydrogens (tertiary/aromatic N) is 1. The Kier molecular flexibility index (Phi) is 31.9. The van der Waals surface area contributed by atoms with Gasteiger partial charge in [0.15, 0.2) is 0 Å². The summed E-state index contributed by atoms with van der Waals surface area (Å²) >= 11 is 5.17. The third-order valence-corrected chi connectivity index (χ3v) is 3.79. The molecule has 0 spiro atoms. The average Bonchev–Trinajstić information content (AvgIpc) is 2.59. The van der Waals surface area contributed by atoms with Crippen LogP contribution in [0.5, 0.6) is 0 Å². The van der Waals surface area contributed by atoms with E-state index in [1.54, 1.807) is 6.08 Å². The fraction of sp³-hybridized carbons (Fsp3) is 0.682. The van der Waals surface area contributed by atoms with Crippen molar-refractivity contribution in [3.05, 3.63) is 36.1 Å². The predicted octanol–water partition coefficient (Wildman–Crippen LogP) is 7.14. The van der Waals surface area contributed by atoms with Crippen LogP contribution in [0.2, 0.25) is 0 Å². The van der Waals surface area contributed by atoms with Crippen LogP contribution in [0.15, 0.2) is 36.1 Å². The summed E-state index contributed by atoms with van der Waals surface area (Å²) in [4.78, 5) is 2.82. The van der Waals surface area contributed by atoms with Gasteiger partial charge in [0.1, 0.15) is 4.99 Å². The molecule has 0 radical (unpaired) electrons. The maximum Gasteiger partial charge on any atom is 0.106 e. The quantitative estimate of drug-likeness (QED) is 0.304. The zero-order valence-corrected chi connectivity index (χ0v) is 19.7. The third kappa shape index (κ3) is 31.2. The smallest absolute Gasteiger partial charge is 0.106 e. The third-order valence-electron chi connectivity index (χ3n) is 3.12. The number of nitrogens with one attached hydrogen (secondary N) is 1. The Hall–Kier alpha value is -1.09. The zero-order chi connectivity index (χ0) is 20.8. The van der Waals surface area contributed by atoms with Crippen molar-refractivity contribution in [3.63, 3.8) is 0 Å². The Bertz CT molecular complexity index is 353. The van der Waals surface area contributed by atoms with Crippen LogP contribution in [0, 0.1) is 0 Å². The Morgan fingerprint density at radius 1 is 1.04 bits per heavy atom. The number of rotatable bonds is 6. The number of thiocarbonyl (C=S) groups is 1. The van der Waals surface area contributed by atoms with Crippen LogP contribution in [0.25, 0.3) is 0 Å². The Balaban J connectivity index is -0.000000135. The molecular formula is C22H46N2S. The maximum atomic E-state index is 5.17. The van der Waals surface area contributed by atoms with Gasteiger partial charge in [-0.25, -0.2) is 0 Å². The van der Waals surface area contributed by atoms with Gasteiger partial charge in [0.05, 0.1) is 0 Å². The average molecular weight is 371 g/mol. The van der Waals surface area contributed by atoms with E-state index in [4.69, 9.17) is 12.2 Å². The molecule has 1 N–H and O–H groups in total. The molecule has 0 aliphatic carbocycles. The first-order valence-corrected chi connectivity index (χ1v) is 9.79. The van der Waals surface area contributed by atoms with Gasteiger partial charge in [-0.1, -0.05) is 63.9 Å². The molecule has 0 aliphatic heterocycles. The minimum atomic E-state index is 0.886. The minimum absolute atomic E-state index is 0.886. The molecule has 0 rings (SSSR count). The molecule has 2 nitrogen and oxygen atoms in total. The molecule has 3 heteroatoms. The lowest BCUT2D eigenvalue weighted by Crippen LogP contribution is -2.23. The summed E-state index contributed by atoms with van der Waals surface area (Å²) in [5, 5.41) is 3.07. The molecule has 0 saturated carbocycles. The van der Waals surface area contributed by atoms with E-state index in [0.717, 1.165) is 16.3 Å². The second-order valence-electron chi connectivity index (χ2n) is 6.17. The lowest BCUT2D eigenvalue weighted by molar-refractivity contribution is 0.633. The van der Waals surface area contributed by atoms with Crippen molar-refractivity contribution in [2.24, 2.45) is 0 Å². The van der Waals surface area contributed by atoms with E-state index >= 15 is 0 Å². The number of hydrogen-bond acceptors (Lipinski definition) is 2. The van der Waals surface area contributed by atoms with Gasteiger partial charge in [-0.15, -0.1) is 13.2 Å². The lowest BCUT2D eigenvalue weighted by atomic mass is 10.2. The molecule has 0 bridgehead atoms. The fourth-order valence-corrected chi connectivity index (χ4v) is 1.31. The highest BCUT2D eigenvalue weighted by molar-refractivity contribution is 7.80. The van der Waals surface area contributed by atoms with Gasteiger partial charge in [-0.3, -0.25) is 0 Å². The summed E-state index contributed by atoms with van der Waals surface area (Å²) in [5.74, 6) is 0. The molecule has 25 heavy (non-hydrogen) atoms. The zero-order valence-electron chi connectivity index (χ0n) is 18.9. The van der Waals surface area contributed by atoms with E-state index < -0.39 is 0 Å². The van der Waals surface area contributed by atoms with Crippen LogP contribution < -0.4 is 5.32 Å². The van der Waals surface area contributed by atoms with Crippen LogP contribution in [-0.2, 0) is 0 Å². The second-order valence-corrected chi connectivity index (χ2v) is 6.56. The van der Waals surface area contributed by atoms with Crippen molar-refractivity contribution in [2.75, 3.05) is 21.1 Å². The van der Waals surface area contributed by atoms with Crippen molar-refractivity contribution in [1.82, 2.24) is 10.2 Å². The highest BCUT2D eigenvalue weighted by Gasteiger charge is 2.03. The first-order valence-electron chi connectivity index (χ1n) is 9.39. The monoisotopic (exact) mass is 370 g/mol.